The third kappa shape index (κ3) is 4.11. The van der Waals surface area contributed by atoms with E-state index in [2.05, 4.69) is 54.6 Å². The van der Waals surface area contributed by atoms with Crippen LogP contribution in [0.5, 0.6) is 0 Å². The molecule has 3 heteroatoms. The lowest BCUT2D eigenvalue weighted by atomic mass is 10.1. The highest BCUT2D eigenvalue weighted by Gasteiger charge is 2.40. The van der Waals surface area contributed by atoms with Crippen LogP contribution in [0, 0.1) is 0 Å². The molecule has 0 heterocycles. The van der Waals surface area contributed by atoms with Crippen molar-refractivity contribution in [3.05, 3.63) is 0 Å². The zero-order valence-corrected chi connectivity index (χ0v) is 12.0. The van der Waals surface area contributed by atoms with Gasteiger partial charge in [0.2, 0.25) is 8.32 Å². The lowest BCUT2D eigenvalue weighted by molar-refractivity contribution is -0.293. The molecule has 0 aliphatic rings. The Morgan fingerprint density at radius 3 is 1.71 bits per heavy atom. The SMILES string of the molecule is CCC(C)(C)OO[Si](C)(C)C(C)(C)C. The molecule has 2 nitrogen and oxygen atoms in total. The van der Waals surface area contributed by atoms with Crippen LogP contribution in [-0.2, 0) is 9.46 Å². The Labute approximate surface area is 90.0 Å². The molecule has 0 atom stereocenters. The van der Waals surface area contributed by atoms with E-state index in [4.69, 9.17) is 9.46 Å². The summed E-state index contributed by atoms with van der Waals surface area (Å²) in [4.78, 5) is 5.53. The monoisotopic (exact) mass is 218 g/mol. The lowest BCUT2D eigenvalue weighted by Crippen LogP contribution is -2.43. The van der Waals surface area contributed by atoms with E-state index in [1.165, 1.54) is 0 Å². The maximum atomic E-state index is 5.69. The quantitative estimate of drug-likeness (QED) is 0.401. The first-order valence-electron chi connectivity index (χ1n) is 5.39. The van der Waals surface area contributed by atoms with Crippen LogP contribution in [0.1, 0.15) is 48.0 Å². The average Bonchev–Trinajstić information content (AvgIpc) is 1.99. The summed E-state index contributed by atoms with van der Waals surface area (Å²) < 4.78 is 5.69. The molecule has 0 aliphatic carbocycles. The molecule has 0 aromatic heterocycles. The van der Waals surface area contributed by atoms with Gasteiger partial charge in [0.25, 0.3) is 0 Å². The molecular weight excluding hydrogens is 192 g/mol. The van der Waals surface area contributed by atoms with Gasteiger partial charge in [0, 0.05) is 0 Å². The number of hydrogen-bond donors (Lipinski definition) is 0. The first-order chi connectivity index (χ1) is 6.02. The van der Waals surface area contributed by atoms with Gasteiger partial charge in [0.15, 0.2) is 0 Å². The molecule has 0 aromatic carbocycles. The molecule has 0 unspecified atom stereocenters. The highest BCUT2D eigenvalue weighted by atomic mass is 28.4. The van der Waals surface area contributed by atoms with E-state index < -0.39 is 8.32 Å². The van der Waals surface area contributed by atoms with Crippen LogP contribution < -0.4 is 0 Å². The maximum Gasteiger partial charge on any atom is 0.238 e. The summed E-state index contributed by atoms with van der Waals surface area (Å²) in [6, 6.07) is 0. The van der Waals surface area contributed by atoms with Crippen LogP contribution in [0.4, 0.5) is 0 Å². The lowest BCUT2D eigenvalue weighted by Gasteiger charge is -2.37. The fraction of sp³-hybridized carbons (Fsp3) is 1.00. The van der Waals surface area contributed by atoms with E-state index in [0.717, 1.165) is 6.42 Å². The van der Waals surface area contributed by atoms with E-state index in [9.17, 15) is 0 Å². The van der Waals surface area contributed by atoms with Crippen molar-refractivity contribution >= 4 is 8.32 Å². The maximum absolute atomic E-state index is 5.69. The summed E-state index contributed by atoms with van der Waals surface area (Å²) in [5.74, 6) is 0. The Hall–Kier alpha value is 0.137. The standard InChI is InChI=1S/C11H26O2Si/c1-9-11(5,6)12-13-14(7,8)10(2,3)4/h9H2,1-8H3. The highest BCUT2D eigenvalue weighted by Crippen LogP contribution is 2.37. The minimum Gasteiger partial charge on any atom is -0.286 e. The van der Waals surface area contributed by atoms with Gasteiger partial charge in [-0.15, -0.1) is 0 Å². The molecule has 0 radical (unpaired) electrons. The van der Waals surface area contributed by atoms with Crippen molar-refractivity contribution in [2.24, 2.45) is 0 Å². The van der Waals surface area contributed by atoms with Gasteiger partial charge in [-0.05, 0) is 38.4 Å². The van der Waals surface area contributed by atoms with Gasteiger partial charge in [0.1, 0.15) is 0 Å². The van der Waals surface area contributed by atoms with Gasteiger partial charge in [-0.3, -0.25) is 4.58 Å². The summed E-state index contributed by atoms with van der Waals surface area (Å²) in [6.07, 6.45) is 0.960. The molecule has 0 N–H and O–H groups in total. The predicted octanol–water partition coefficient (Wildman–Crippen LogP) is 4.13. The van der Waals surface area contributed by atoms with Crippen LogP contribution >= 0.6 is 0 Å². The second-order valence-electron chi connectivity index (χ2n) is 6.04. The first kappa shape index (κ1) is 14.1. The van der Waals surface area contributed by atoms with Gasteiger partial charge in [-0.2, -0.15) is 0 Å². The van der Waals surface area contributed by atoms with E-state index in [-0.39, 0.29) is 10.6 Å². The van der Waals surface area contributed by atoms with Crippen molar-refractivity contribution in [3.8, 4) is 0 Å². The Kier molecular flexibility index (Phi) is 4.37. The molecule has 0 fully saturated rings. The van der Waals surface area contributed by atoms with E-state index in [1.807, 2.05) is 0 Å². The smallest absolute Gasteiger partial charge is 0.238 e. The third-order valence-corrected chi connectivity index (χ3v) is 7.25. The van der Waals surface area contributed by atoms with Gasteiger partial charge < -0.3 is 0 Å². The van der Waals surface area contributed by atoms with Crippen LogP contribution in [0.15, 0.2) is 0 Å². The summed E-state index contributed by atoms with van der Waals surface area (Å²) in [7, 11) is -1.75. The topological polar surface area (TPSA) is 18.5 Å². The molecule has 0 saturated carbocycles. The molecular formula is C11H26O2Si. The number of rotatable bonds is 4. The van der Waals surface area contributed by atoms with Crippen LogP contribution in [0.2, 0.25) is 18.1 Å². The van der Waals surface area contributed by atoms with E-state index in [1.54, 1.807) is 0 Å². The first-order valence-corrected chi connectivity index (χ1v) is 8.29. The molecule has 14 heavy (non-hydrogen) atoms. The minimum atomic E-state index is -1.75. The van der Waals surface area contributed by atoms with Crippen molar-refractivity contribution in [2.75, 3.05) is 0 Å². The third-order valence-electron chi connectivity index (χ3n) is 3.13. The summed E-state index contributed by atoms with van der Waals surface area (Å²) in [5, 5.41) is 0.205. The van der Waals surface area contributed by atoms with E-state index >= 15 is 0 Å². The number of hydrogen-bond acceptors (Lipinski definition) is 2. The molecule has 0 aromatic rings. The zero-order chi connectivity index (χ0) is 11.6. The van der Waals surface area contributed by atoms with Crippen molar-refractivity contribution in [1.29, 1.82) is 0 Å². The van der Waals surface area contributed by atoms with Gasteiger partial charge in [-0.25, -0.2) is 4.89 Å². The van der Waals surface area contributed by atoms with Crippen molar-refractivity contribution < 1.29 is 9.46 Å². The second-order valence-corrected chi connectivity index (χ2v) is 10.7. The minimum absolute atomic E-state index is 0.171. The highest BCUT2D eigenvalue weighted by molar-refractivity contribution is 6.73. The van der Waals surface area contributed by atoms with Gasteiger partial charge in [-0.1, -0.05) is 27.7 Å². The zero-order valence-electron chi connectivity index (χ0n) is 11.0. The molecule has 0 spiro atoms. The summed E-state index contributed by atoms with van der Waals surface area (Å²) >= 11 is 0. The summed E-state index contributed by atoms with van der Waals surface area (Å²) in [6.45, 7) is 17.2. The normalized spacial score (nSPS) is 14.6. The molecule has 0 amide bonds. The molecule has 0 rings (SSSR count). The Bertz CT molecular complexity index is 180. The largest absolute Gasteiger partial charge is 0.286 e. The second kappa shape index (κ2) is 4.33. The molecule has 0 bridgehead atoms. The van der Waals surface area contributed by atoms with E-state index in [0.29, 0.717) is 0 Å². The molecule has 86 valence electrons. The van der Waals surface area contributed by atoms with Crippen molar-refractivity contribution in [1.82, 2.24) is 0 Å². The van der Waals surface area contributed by atoms with Crippen LogP contribution in [-0.4, -0.2) is 13.9 Å². The van der Waals surface area contributed by atoms with Crippen molar-refractivity contribution in [2.45, 2.75) is 71.7 Å². The predicted molar refractivity (Wildman–Crippen MR) is 63.7 cm³/mol. The average molecular weight is 218 g/mol. The molecule has 0 saturated heterocycles. The fourth-order valence-corrected chi connectivity index (χ4v) is 1.08. The van der Waals surface area contributed by atoms with Gasteiger partial charge in [0.05, 0.1) is 5.60 Å². The summed E-state index contributed by atoms with van der Waals surface area (Å²) in [5.41, 5.74) is -0.171. The fourth-order valence-electron chi connectivity index (χ4n) is 0.401. The Morgan fingerprint density at radius 2 is 1.43 bits per heavy atom. The molecule has 0 aliphatic heterocycles. The Balaban J connectivity index is 4.27. The Morgan fingerprint density at radius 1 is 1.00 bits per heavy atom. The van der Waals surface area contributed by atoms with Crippen LogP contribution in [0.25, 0.3) is 0 Å². The van der Waals surface area contributed by atoms with Gasteiger partial charge >= 0.3 is 0 Å². The van der Waals surface area contributed by atoms with Crippen LogP contribution in [0.3, 0.4) is 0 Å². The van der Waals surface area contributed by atoms with Crippen molar-refractivity contribution in [3.63, 3.8) is 0 Å².